The Labute approximate surface area is 102 Å². The summed E-state index contributed by atoms with van der Waals surface area (Å²) in [4.78, 5) is 8.55. The first kappa shape index (κ1) is 12.1. The van der Waals surface area contributed by atoms with E-state index in [-0.39, 0.29) is 5.60 Å². The van der Waals surface area contributed by atoms with Crippen LogP contribution in [0.2, 0.25) is 0 Å². The molecule has 5 nitrogen and oxygen atoms in total. The highest BCUT2D eigenvalue weighted by molar-refractivity contribution is 5.46. The second-order valence-corrected chi connectivity index (χ2v) is 4.73. The summed E-state index contributed by atoms with van der Waals surface area (Å²) in [5.74, 6) is 1.51. The lowest BCUT2D eigenvalue weighted by Crippen LogP contribution is -2.33. The van der Waals surface area contributed by atoms with Crippen LogP contribution in [0.4, 0.5) is 11.8 Å². The summed E-state index contributed by atoms with van der Waals surface area (Å²) in [5.41, 5.74) is 0.989. The second-order valence-electron chi connectivity index (χ2n) is 4.73. The molecule has 1 aliphatic heterocycles. The highest BCUT2D eigenvalue weighted by Gasteiger charge is 2.29. The Kier molecular flexibility index (Phi) is 3.47. The van der Waals surface area contributed by atoms with Gasteiger partial charge in [-0.05, 0) is 26.7 Å². The molecule has 2 rings (SSSR count). The van der Waals surface area contributed by atoms with Gasteiger partial charge in [0.15, 0.2) is 0 Å². The van der Waals surface area contributed by atoms with Crippen molar-refractivity contribution >= 4 is 11.8 Å². The van der Waals surface area contributed by atoms with E-state index in [9.17, 15) is 0 Å². The lowest BCUT2D eigenvalue weighted by Gasteiger charge is -2.24. The number of ether oxygens (including phenoxy) is 1. The van der Waals surface area contributed by atoms with Crippen LogP contribution in [-0.4, -0.2) is 35.8 Å². The van der Waals surface area contributed by atoms with E-state index < -0.39 is 0 Å². The maximum Gasteiger partial charge on any atom is 0.224 e. The van der Waals surface area contributed by atoms with Crippen LogP contribution >= 0.6 is 0 Å². The first-order chi connectivity index (χ1) is 8.13. The van der Waals surface area contributed by atoms with E-state index in [1.807, 2.05) is 20.2 Å². The zero-order valence-electron chi connectivity index (χ0n) is 10.7. The summed E-state index contributed by atoms with van der Waals surface area (Å²) in [6.07, 6.45) is 4.06. The SMILES string of the molecule is CNc1ncc(C)c(NCC2(C)CCCO2)n1. The van der Waals surface area contributed by atoms with Crippen LogP contribution in [0, 0.1) is 6.92 Å². The summed E-state index contributed by atoms with van der Waals surface area (Å²) in [5, 5.41) is 6.29. The first-order valence-corrected chi connectivity index (χ1v) is 6.02. The van der Waals surface area contributed by atoms with Crippen molar-refractivity contribution < 1.29 is 4.74 Å². The molecule has 1 aromatic heterocycles. The predicted octanol–water partition coefficient (Wildman–Crippen LogP) is 1.81. The van der Waals surface area contributed by atoms with E-state index >= 15 is 0 Å². The van der Waals surface area contributed by atoms with Crippen LogP contribution in [0.15, 0.2) is 6.20 Å². The minimum Gasteiger partial charge on any atom is -0.373 e. The van der Waals surface area contributed by atoms with Crippen LogP contribution in [0.3, 0.4) is 0 Å². The molecule has 0 aliphatic carbocycles. The molecule has 0 saturated carbocycles. The standard InChI is InChI=1S/C12H20N4O/c1-9-7-14-11(13-3)16-10(9)15-8-12(2)5-4-6-17-12/h7H,4-6,8H2,1-3H3,(H2,13,14,15,16). The molecule has 5 heteroatoms. The fraction of sp³-hybridized carbons (Fsp3) is 0.667. The molecule has 1 aliphatic rings. The van der Waals surface area contributed by atoms with Gasteiger partial charge in [0.25, 0.3) is 0 Å². The molecule has 1 atom stereocenters. The molecule has 0 radical (unpaired) electrons. The molecular weight excluding hydrogens is 216 g/mol. The number of hydrogen-bond donors (Lipinski definition) is 2. The number of nitrogens with one attached hydrogen (secondary N) is 2. The van der Waals surface area contributed by atoms with Crippen LogP contribution in [0.25, 0.3) is 0 Å². The summed E-state index contributed by atoms with van der Waals surface area (Å²) < 4.78 is 5.74. The maximum absolute atomic E-state index is 5.74. The number of anilines is 2. The Balaban J connectivity index is 2.02. The molecule has 0 spiro atoms. The molecule has 0 amide bonds. The number of aromatic nitrogens is 2. The van der Waals surface area contributed by atoms with Gasteiger partial charge >= 0.3 is 0 Å². The van der Waals surface area contributed by atoms with Gasteiger partial charge < -0.3 is 15.4 Å². The topological polar surface area (TPSA) is 59.1 Å². The number of hydrogen-bond acceptors (Lipinski definition) is 5. The summed E-state index contributed by atoms with van der Waals surface area (Å²) in [6, 6.07) is 0. The molecular formula is C12H20N4O. The molecule has 1 unspecified atom stereocenters. The summed E-state index contributed by atoms with van der Waals surface area (Å²) in [6.45, 7) is 5.79. The lowest BCUT2D eigenvalue weighted by molar-refractivity contribution is 0.0314. The van der Waals surface area contributed by atoms with Gasteiger partial charge in [0.1, 0.15) is 5.82 Å². The van der Waals surface area contributed by atoms with Crippen molar-refractivity contribution in [2.75, 3.05) is 30.8 Å². The minimum atomic E-state index is -0.0583. The average molecular weight is 236 g/mol. The third-order valence-electron chi connectivity index (χ3n) is 3.13. The van der Waals surface area contributed by atoms with E-state index in [0.717, 1.165) is 37.4 Å². The molecule has 1 aromatic rings. The van der Waals surface area contributed by atoms with E-state index in [2.05, 4.69) is 27.5 Å². The fourth-order valence-electron chi connectivity index (χ4n) is 1.99. The molecule has 0 bridgehead atoms. The van der Waals surface area contributed by atoms with Crippen LogP contribution in [0.5, 0.6) is 0 Å². The van der Waals surface area contributed by atoms with E-state index in [0.29, 0.717) is 5.95 Å². The van der Waals surface area contributed by atoms with Gasteiger partial charge in [0.2, 0.25) is 5.95 Å². The molecule has 94 valence electrons. The zero-order valence-corrected chi connectivity index (χ0v) is 10.7. The van der Waals surface area contributed by atoms with E-state index in [1.165, 1.54) is 0 Å². The van der Waals surface area contributed by atoms with Crippen molar-refractivity contribution in [2.45, 2.75) is 32.3 Å². The zero-order chi connectivity index (χ0) is 12.3. The van der Waals surface area contributed by atoms with Gasteiger partial charge in [-0.3, -0.25) is 0 Å². The highest BCUT2D eigenvalue weighted by Crippen LogP contribution is 2.25. The van der Waals surface area contributed by atoms with E-state index in [1.54, 1.807) is 0 Å². The maximum atomic E-state index is 5.74. The van der Waals surface area contributed by atoms with Crippen LogP contribution in [0.1, 0.15) is 25.3 Å². The fourth-order valence-corrected chi connectivity index (χ4v) is 1.99. The molecule has 2 N–H and O–H groups in total. The van der Waals surface area contributed by atoms with Crippen LogP contribution < -0.4 is 10.6 Å². The largest absolute Gasteiger partial charge is 0.373 e. The summed E-state index contributed by atoms with van der Waals surface area (Å²) >= 11 is 0. The number of aryl methyl sites for hydroxylation is 1. The number of nitrogens with zero attached hydrogens (tertiary/aromatic N) is 2. The quantitative estimate of drug-likeness (QED) is 0.835. The van der Waals surface area contributed by atoms with Crippen molar-refractivity contribution in [2.24, 2.45) is 0 Å². The molecule has 17 heavy (non-hydrogen) atoms. The minimum absolute atomic E-state index is 0.0583. The van der Waals surface area contributed by atoms with Crippen molar-refractivity contribution in [1.29, 1.82) is 0 Å². The van der Waals surface area contributed by atoms with Gasteiger partial charge in [0, 0.05) is 32.0 Å². The van der Waals surface area contributed by atoms with Crippen molar-refractivity contribution in [1.82, 2.24) is 9.97 Å². The molecule has 1 fully saturated rings. The van der Waals surface area contributed by atoms with Crippen molar-refractivity contribution in [3.05, 3.63) is 11.8 Å². The van der Waals surface area contributed by atoms with E-state index in [4.69, 9.17) is 4.74 Å². The highest BCUT2D eigenvalue weighted by atomic mass is 16.5. The lowest BCUT2D eigenvalue weighted by atomic mass is 10.0. The normalized spacial score (nSPS) is 23.7. The molecule has 2 heterocycles. The molecule has 0 aromatic carbocycles. The molecule has 1 saturated heterocycles. The summed E-state index contributed by atoms with van der Waals surface area (Å²) in [7, 11) is 1.82. The Morgan fingerprint density at radius 2 is 2.35 bits per heavy atom. The van der Waals surface area contributed by atoms with Gasteiger partial charge in [-0.25, -0.2) is 4.98 Å². The van der Waals surface area contributed by atoms with Crippen molar-refractivity contribution in [3.8, 4) is 0 Å². The predicted molar refractivity (Wildman–Crippen MR) is 68.4 cm³/mol. The van der Waals surface area contributed by atoms with Gasteiger partial charge in [0.05, 0.1) is 5.60 Å². The average Bonchev–Trinajstić information content (AvgIpc) is 2.76. The Bertz CT molecular complexity index is 388. The smallest absolute Gasteiger partial charge is 0.224 e. The van der Waals surface area contributed by atoms with Gasteiger partial charge in [-0.15, -0.1) is 0 Å². The monoisotopic (exact) mass is 236 g/mol. The first-order valence-electron chi connectivity index (χ1n) is 6.02. The van der Waals surface area contributed by atoms with Gasteiger partial charge in [-0.2, -0.15) is 4.98 Å². The Morgan fingerprint density at radius 3 is 3.00 bits per heavy atom. The van der Waals surface area contributed by atoms with Crippen LogP contribution in [-0.2, 0) is 4.74 Å². The third kappa shape index (κ3) is 2.85. The Morgan fingerprint density at radius 1 is 1.53 bits per heavy atom. The second kappa shape index (κ2) is 4.87. The number of rotatable bonds is 4. The Hall–Kier alpha value is -1.36. The third-order valence-corrected chi connectivity index (χ3v) is 3.13. The van der Waals surface area contributed by atoms with Gasteiger partial charge in [-0.1, -0.05) is 0 Å². The van der Waals surface area contributed by atoms with Crippen molar-refractivity contribution in [3.63, 3.8) is 0 Å².